The molecule has 4 rings (SSSR count). The number of rotatable bonds is 8. The molecule has 1 aliphatic rings. The minimum absolute atomic E-state index is 0.125. The Bertz CT molecular complexity index is 1010. The molecule has 0 aliphatic carbocycles. The van der Waals surface area contributed by atoms with Gasteiger partial charge in [0.25, 0.3) is 0 Å². The Morgan fingerprint density at radius 3 is 2.67 bits per heavy atom. The second-order valence-electron chi connectivity index (χ2n) is 7.99. The van der Waals surface area contributed by atoms with Crippen LogP contribution >= 0.6 is 0 Å². The monoisotopic (exact) mass is 407 g/mol. The first-order valence-corrected chi connectivity index (χ1v) is 11.0. The van der Waals surface area contributed by atoms with Crippen molar-refractivity contribution in [2.45, 2.75) is 33.2 Å². The van der Waals surface area contributed by atoms with Gasteiger partial charge in [-0.3, -0.25) is 0 Å². The van der Waals surface area contributed by atoms with Gasteiger partial charge in [-0.25, -0.2) is 0 Å². The number of aromatic nitrogens is 1. The highest BCUT2D eigenvalue weighted by molar-refractivity contribution is 5.86. The molecule has 2 N–H and O–H groups in total. The van der Waals surface area contributed by atoms with Crippen LogP contribution in [0.3, 0.4) is 0 Å². The summed E-state index contributed by atoms with van der Waals surface area (Å²) in [7, 11) is 1.71. The van der Waals surface area contributed by atoms with Crippen LogP contribution in [0.1, 0.15) is 42.3 Å². The number of aromatic amines is 1. The van der Waals surface area contributed by atoms with Crippen LogP contribution in [-0.4, -0.2) is 49.8 Å². The van der Waals surface area contributed by atoms with E-state index in [1.54, 1.807) is 7.11 Å². The van der Waals surface area contributed by atoms with Crippen LogP contribution in [0.4, 0.5) is 0 Å². The van der Waals surface area contributed by atoms with E-state index in [4.69, 9.17) is 9.47 Å². The number of hydrogen-bond acceptors (Lipinski definition) is 4. The highest BCUT2D eigenvalue weighted by Gasteiger charge is 2.26. The Labute approximate surface area is 179 Å². The van der Waals surface area contributed by atoms with E-state index in [0.717, 1.165) is 44.1 Å². The van der Waals surface area contributed by atoms with Crippen LogP contribution in [0.5, 0.6) is 11.5 Å². The molecule has 5 nitrogen and oxygen atoms in total. The SMILES string of the molecule is CCN(CC)CCOc1ccc(C2NCCc3c2[nH]c2ccc(C)cc32)cc1OC. The quantitative estimate of drug-likeness (QED) is 0.580. The van der Waals surface area contributed by atoms with Gasteiger partial charge >= 0.3 is 0 Å². The molecule has 0 spiro atoms. The van der Waals surface area contributed by atoms with Crippen LogP contribution < -0.4 is 14.8 Å². The number of aryl methyl sites for hydroxylation is 1. The molecule has 2 aromatic carbocycles. The molecule has 1 aromatic heterocycles. The normalized spacial score (nSPS) is 16.1. The minimum atomic E-state index is 0.125. The fourth-order valence-electron chi connectivity index (χ4n) is 4.43. The second-order valence-corrected chi connectivity index (χ2v) is 7.99. The molecular weight excluding hydrogens is 374 g/mol. The van der Waals surface area contributed by atoms with E-state index in [1.165, 1.54) is 33.3 Å². The average Bonchev–Trinajstić information content (AvgIpc) is 3.15. The van der Waals surface area contributed by atoms with Crippen LogP contribution in [0.2, 0.25) is 0 Å². The summed E-state index contributed by atoms with van der Waals surface area (Å²) in [6, 6.07) is 13.1. The lowest BCUT2D eigenvalue weighted by atomic mass is 9.94. The fraction of sp³-hybridized carbons (Fsp3) is 0.440. The molecule has 0 saturated carbocycles. The highest BCUT2D eigenvalue weighted by Crippen LogP contribution is 2.37. The first kappa shape index (κ1) is 20.8. The zero-order valence-electron chi connectivity index (χ0n) is 18.5. The van der Waals surface area contributed by atoms with Crippen molar-refractivity contribution in [3.8, 4) is 11.5 Å². The van der Waals surface area contributed by atoms with Crippen molar-refractivity contribution in [2.24, 2.45) is 0 Å². The van der Waals surface area contributed by atoms with Crippen LogP contribution in [-0.2, 0) is 6.42 Å². The smallest absolute Gasteiger partial charge is 0.161 e. The molecule has 0 bridgehead atoms. The molecule has 0 amide bonds. The van der Waals surface area contributed by atoms with Gasteiger partial charge in [0.1, 0.15) is 6.61 Å². The van der Waals surface area contributed by atoms with Gasteiger partial charge in [0.2, 0.25) is 0 Å². The predicted molar refractivity (Wildman–Crippen MR) is 123 cm³/mol. The lowest BCUT2D eigenvalue weighted by Crippen LogP contribution is -2.30. The topological polar surface area (TPSA) is 49.5 Å². The van der Waals surface area contributed by atoms with Crippen molar-refractivity contribution in [3.63, 3.8) is 0 Å². The summed E-state index contributed by atoms with van der Waals surface area (Å²) in [5.41, 5.74) is 6.39. The maximum Gasteiger partial charge on any atom is 0.161 e. The summed E-state index contributed by atoms with van der Waals surface area (Å²) in [5.74, 6) is 1.59. The van der Waals surface area contributed by atoms with E-state index in [1.807, 2.05) is 6.07 Å². The van der Waals surface area contributed by atoms with Crippen molar-refractivity contribution >= 4 is 10.9 Å². The second kappa shape index (κ2) is 9.11. The van der Waals surface area contributed by atoms with E-state index in [9.17, 15) is 0 Å². The van der Waals surface area contributed by atoms with Crippen molar-refractivity contribution in [1.29, 1.82) is 0 Å². The first-order chi connectivity index (χ1) is 14.6. The van der Waals surface area contributed by atoms with Gasteiger partial charge in [0.15, 0.2) is 11.5 Å². The maximum atomic E-state index is 6.04. The Morgan fingerprint density at radius 1 is 1.07 bits per heavy atom. The highest BCUT2D eigenvalue weighted by atomic mass is 16.5. The summed E-state index contributed by atoms with van der Waals surface area (Å²) in [6.07, 6.45) is 1.04. The zero-order chi connectivity index (χ0) is 21.1. The molecule has 0 radical (unpaired) electrons. The number of nitrogens with one attached hydrogen (secondary N) is 2. The summed E-state index contributed by atoms with van der Waals surface area (Å²) >= 11 is 0. The van der Waals surface area contributed by atoms with Gasteiger partial charge in [-0.2, -0.15) is 0 Å². The van der Waals surface area contributed by atoms with Gasteiger partial charge in [-0.15, -0.1) is 0 Å². The molecular formula is C25H33N3O2. The molecule has 1 atom stereocenters. The summed E-state index contributed by atoms with van der Waals surface area (Å²) < 4.78 is 11.7. The largest absolute Gasteiger partial charge is 0.493 e. The molecule has 3 aromatic rings. The lowest BCUT2D eigenvalue weighted by Gasteiger charge is -2.25. The van der Waals surface area contributed by atoms with Crippen molar-refractivity contribution in [2.75, 3.05) is 39.9 Å². The van der Waals surface area contributed by atoms with Crippen LogP contribution in [0.15, 0.2) is 36.4 Å². The number of methoxy groups -OCH3 is 1. The van der Waals surface area contributed by atoms with E-state index >= 15 is 0 Å². The molecule has 160 valence electrons. The average molecular weight is 408 g/mol. The van der Waals surface area contributed by atoms with Crippen LogP contribution in [0, 0.1) is 6.92 Å². The van der Waals surface area contributed by atoms with Gasteiger partial charge in [-0.1, -0.05) is 31.5 Å². The number of nitrogens with zero attached hydrogens (tertiary/aromatic N) is 1. The fourth-order valence-corrected chi connectivity index (χ4v) is 4.43. The molecule has 0 saturated heterocycles. The summed E-state index contributed by atoms with van der Waals surface area (Å²) in [4.78, 5) is 6.02. The molecule has 1 unspecified atom stereocenters. The third-order valence-electron chi connectivity index (χ3n) is 6.19. The molecule has 2 heterocycles. The number of ether oxygens (including phenoxy) is 2. The predicted octanol–water partition coefficient (Wildman–Crippen LogP) is 4.44. The molecule has 1 aliphatic heterocycles. The number of fused-ring (bicyclic) bond motifs is 3. The number of H-pyrrole nitrogens is 1. The number of hydrogen-bond donors (Lipinski definition) is 2. The Hall–Kier alpha value is -2.50. The Morgan fingerprint density at radius 2 is 1.90 bits per heavy atom. The summed E-state index contributed by atoms with van der Waals surface area (Å²) in [5, 5.41) is 5.02. The third-order valence-corrected chi connectivity index (χ3v) is 6.19. The molecule has 0 fully saturated rings. The minimum Gasteiger partial charge on any atom is -0.493 e. The van der Waals surface area contributed by atoms with Crippen molar-refractivity contribution in [3.05, 3.63) is 58.8 Å². The van der Waals surface area contributed by atoms with Crippen LogP contribution in [0.25, 0.3) is 10.9 Å². The zero-order valence-corrected chi connectivity index (χ0v) is 18.5. The Kier molecular flexibility index (Phi) is 6.30. The number of likely N-dealkylation sites (N-methyl/N-ethyl adjacent to an activating group) is 1. The van der Waals surface area contributed by atoms with Crippen molar-refractivity contribution < 1.29 is 9.47 Å². The Balaban J connectivity index is 1.59. The maximum absolute atomic E-state index is 6.04. The van der Waals surface area contributed by atoms with E-state index < -0.39 is 0 Å². The summed E-state index contributed by atoms with van der Waals surface area (Å²) in [6.45, 7) is 11.1. The van der Waals surface area contributed by atoms with Crippen molar-refractivity contribution in [1.82, 2.24) is 15.2 Å². The lowest BCUT2D eigenvalue weighted by molar-refractivity contribution is 0.217. The first-order valence-electron chi connectivity index (χ1n) is 11.0. The van der Waals surface area contributed by atoms with Gasteiger partial charge in [0, 0.05) is 29.7 Å². The van der Waals surface area contributed by atoms with E-state index in [2.05, 4.69) is 66.3 Å². The van der Waals surface area contributed by atoms with E-state index in [0.29, 0.717) is 6.61 Å². The third kappa shape index (κ3) is 4.05. The standard InChI is InChI=1S/C25H33N3O2/c1-5-28(6-2)13-14-30-22-10-8-18(16-23(22)29-4)24-25-19(11-12-26-24)20-15-17(3)7-9-21(20)27-25/h7-10,15-16,24,26-27H,5-6,11-14H2,1-4H3. The molecule has 5 heteroatoms. The van der Waals surface area contributed by atoms with Gasteiger partial charge in [0.05, 0.1) is 13.2 Å². The van der Waals surface area contributed by atoms with Gasteiger partial charge in [-0.05, 0) is 61.8 Å². The molecule has 30 heavy (non-hydrogen) atoms. The number of benzene rings is 2. The van der Waals surface area contributed by atoms with Gasteiger partial charge < -0.3 is 24.7 Å². The van der Waals surface area contributed by atoms with E-state index in [-0.39, 0.29) is 6.04 Å².